The van der Waals surface area contributed by atoms with E-state index in [4.69, 9.17) is 4.74 Å². The molecular formula is C16H20IN3O3. The molecule has 1 aromatic carbocycles. The summed E-state index contributed by atoms with van der Waals surface area (Å²) in [4.78, 5) is 23.7. The van der Waals surface area contributed by atoms with Gasteiger partial charge in [0, 0.05) is 28.0 Å². The molecule has 1 aromatic rings. The van der Waals surface area contributed by atoms with Gasteiger partial charge in [-0.1, -0.05) is 0 Å². The molecule has 1 unspecified atom stereocenters. The van der Waals surface area contributed by atoms with Crippen LogP contribution in [0.1, 0.15) is 36.5 Å². The molecule has 7 heteroatoms. The lowest BCUT2D eigenvalue weighted by molar-refractivity contribution is -0.120. The quantitative estimate of drug-likeness (QED) is 0.413. The van der Waals surface area contributed by atoms with Crippen LogP contribution in [0, 0.1) is 3.57 Å². The molecule has 1 atom stereocenters. The van der Waals surface area contributed by atoms with Crippen LogP contribution in [0.5, 0.6) is 0 Å². The van der Waals surface area contributed by atoms with Crippen molar-refractivity contribution >= 4 is 40.1 Å². The minimum absolute atomic E-state index is 0.120. The van der Waals surface area contributed by atoms with Crippen LogP contribution < -0.4 is 10.7 Å². The summed E-state index contributed by atoms with van der Waals surface area (Å²) < 4.78 is 6.50. The first-order valence-corrected chi connectivity index (χ1v) is 8.60. The van der Waals surface area contributed by atoms with E-state index in [1.807, 2.05) is 12.1 Å². The highest BCUT2D eigenvalue weighted by molar-refractivity contribution is 14.1. The Balaban J connectivity index is 1.74. The fourth-order valence-electron chi connectivity index (χ4n) is 2.18. The largest absolute Gasteiger partial charge is 0.376 e. The van der Waals surface area contributed by atoms with Crippen molar-refractivity contribution < 1.29 is 14.3 Å². The number of carbonyl (C=O) groups excluding carboxylic acids is 2. The maximum Gasteiger partial charge on any atom is 0.271 e. The number of halogens is 1. The Kier molecular flexibility index (Phi) is 6.97. The molecule has 1 saturated heterocycles. The number of hydrogen-bond donors (Lipinski definition) is 2. The number of amides is 2. The van der Waals surface area contributed by atoms with Gasteiger partial charge in [0.1, 0.15) is 0 Å². The van der Waals surface area contributed by atoms with Crippen LogP contribution in [-0.2, 0) is 9.53 Å². The maximum atomic E-state index is 11.9. The van der Waals surface area contributed by atoms with Crippen LogP contribution in [0.25, 0.3) is 0 Å². The van der Waals surface area contributed by atoms with E-state index in [2.05, 4.69) is 38.4 Å². The van der Waals surface area contributed by atoms with E-state index in [0.29, 0.717) is 17.8 Å². The highest BCUT2D eigenvalue weighted by atomic mass is 127. The van der Waals surface area contributed by atoms with Crippen LogP contribution >= 0.6 is 22.6 Å². The zero-order valence-electron chi connectivity index (χ0n) is 13.0. The molecule has 0 aromatic heterocycles. The average Bonchev–Trinajstić information content (AvgIpc) is 3.05. The molecule has 0 radical (unpaired) electrons. The molecule has 2 rings (SSSR count). The van der Waals surface area contributed by atoms with Crippen molar-refractivity contribution in [2.45, 2.75) is 32.3 Å². The Morgan fingerprint density at radius 2 is 2.09 bits per heavy atom. The third-order valence-electron chi connectivity index (χ3n) is 3.42. The molecule has 0 aliphatic carbocycles. The third kappa shape index (κ3) is 6.26. The van der Waals surface area contributed by atoms with Gasteiger partial charge >= 0.3 is 0 Å². The van der Waals surface area contributed by atoms with E-state index in [9.17, 15) is 9.59 Å². The van der Waals surface area contributed by atoms with Gasteiger partial charge in [-0.2, -0.15) is 5.10 Å². The molecule has 0 bridgehead atoms. The highest BCUT2D eigenvalue weighted by Crippen LogP contribution is 2.10. The van der Waals surface area contributed by atoms with Crippen LogP contribution in [0.4, 0.5) is 0 Å². The number of rotatable bonds is 6. The lowest BCUT2D eigenvalue weighted by Crippen LogP contribution is -2.33. The minimum Gasteiger partial charge on any atom is -0.376 e. The van der Waals surface area contributed by atoms with Gasteiger partial charge in [0.2, 0.25) is 5.91 Å². The van der Waals surface area contributed by atoms with Crippen LogP contribution in [0.2, 0.25) is 0 Å². The number of nitrogens with zero attached hydrogens (tertiary/aromatic N) is 1. The first-order valence-electron chi connectivity index (χ1n) is 7.52. The fraction of sp³-hybridized carbons (Fsp3) is 0.438. The summed E-state index contributed by atoms with van der Waals surface area (Å²) >= 11 is 2.17. The predicted octanol–water partition coefficient (Wildman–Crippen LogP) is 2.08. The van der Waals surface area contributed by atoms with Gasteiger partial charge in [-0.25, -0.2) is 5.43 Å². The molecule has 0 saturated carbocycles. The Morgan fingerprint density at radius 1 is 1.35 bits per heavy atom. The van der Waals surface area contributed by atoms with Crippen molar-refractivity contribution in [3.63, 3.8) is 0 Å². The zero-order valence-corrected chi connectivity index (χ0v) is 15.1. The summed E-state index contributed by atoms with van der Waals surface area (Å²) in [5, 5.41) is 6.79. The lowest BCUT2D eigenvalue weighted by Gasteiger charge is -2.10. The van der Waals surface area contributed by atoms with Gasteiger partial charge in [-0.3, -0.25) is 9.59 Å². The van der Waals surface area contributed by atoms with Gasteiger partial charge in [0.15, 0.2) is 0 Å². The van der Waals surface area contributed by atoms with E-state index >= 15 is 0 Å². The maximum absolute atomic E-state index is 11.9. The van der Waals surface area contributed by atoms with Crippen molar-refractivity contribution in [3.8, 4) is 0 Å². The van der Waals surface area contributed by atoms with Crippen molar-refractivity contribution in [1.29, 1.82) is 0 Å². The second-order valence-corrected chi connectivity index (χ2v) is 6.66. The highest BCUT2D eigenvalue weighted by Gasteiger charge is 2.16. The summed E-state index contributed by atoms with van der Waals surface area (Å²) in [7, 11) is 0. The van der Waals surface area contributed by atoms with Crippen molar-refractivity contribution in [3.05, 3.63) is 33.4 Å². The standard InChI is InChI=1S/C16H20IN3O3/c1-11(9-15(21)18-10-14-3-2-8-23-14)19-20-16(22)12-4-6-13(17)7-5-12/h4-7,14H,2-3,8-10H2,1H3,(H,18,21)(H,20,22)/b19-11-. The molecule has 6 nitrogen and oxygen atoms in total. The molecule has 23 heavy (non-hydrogen) atoms. The molecule has 1 aliphatic heterocycles. The average molecular weight is 429 g/mol. The van der Waals surface area contributed by atoms with E-state index in [1.165, 1.54) is 0 Å². The van der Waals surface area contributed by atoms with Gasteiger partial charge in [-0.15, -0.1) is 0 Å². The molecule has 1 heterocycles. The minimum atomic E-state index is -0.291. The Morgan fingerprint density at radius 3 is 2.74 bits per heavy atom. The van der Waals surface area contributed by atoms with Crippen molar-refractivity contribution in [2.24, 2.45) is 5.10 Å². The number of benzene rings is 1. The molecule has 0 spiro atoms. The van der Waals surface area contributed by atoms with Crippen LogP contribution in [0.3, 0.4) is 0 Å². The molecule has 1 fully saturated rings. The fourth-order valence-corrected chi connectivity index (χ4v) is 2.54. The third-order valence-corrected chi connectivity index (χ3v) is 4.14. The van der Waals surface area contributed by atoms with Gasteiger partial charge in [-0.05, 0) is 66.6 Å². The summed E-state index contributed by atoms with van der Waals surface area (Å²) in [6, 6.07) is 7.17. The molecule has 1 aliphatic rings. The molecular weight excluding hydrogens is 409 g/mol. The normalized spacial score (nSPS) is 17.8. The topological polar surface area (TPSA) is 79.8 Å². The van der Waals surface area contributed by atoms with E-state index in [0.717, 1.165) is 23.0 Å². The molecule has 124 valence electrons. The van der Waals surface area contributed by atoms with Crippen LogP contribution in [0.15, 0.2) is 29.4 Å². The van der Waals surface area contributed by atoms with Gasteiger partial charge in [0.25, 0.3) is 5.91 Å². The number of ether oxygens (including phenoxy) is 1. The summed E-state index contributed by atoms with van der Waals surface area (Å²) in [5.41, 5.74) is 3.54. The van der Waals surface area contributed by atoms with E-state index in [-0.39, 0.29) is 24.3 Å². The van der Waals surface area contributed by atoms with Gasteiger partial charge < -0.3 is 10.1 Å². The Labute approximate surface area is 149 Å². The monoisotopic (exact) mass is 429 g/mol. The SMILES string of the molecule is C/C(CC(=O)NCC1CCCO1)=N/NC(=O)c1ccc(I)cc1. The zero-order chi connectivity index (χ0) is 16.7. The van der Waals surface area contributed by atoms with Crippen molar-refractivity contribution in [2.75, 3.05) is 13.2 Å². The van der Waals surface area contributed by atoms with E-state index in [1.54, 1.807) is 19.1 Å². The lowest BCUT2D eigenvalue weighted by atomic mass is 10.2. The van der Waals surface area contributed by atoms with E-state index < -0.39 is 0 Å². The second-order valence-electron chi connectivity index (χ2n) is 5.41. The van der Waals surface area contributed by atoms with Gasteiger partial charge in [0.05, 0.1) is 12.5 Å². The molecule has 2 amide bonds. The van der Waals surface area contributed by atoms with Crippen LogP contribution in [-0.4, -0.2) is 36.8 Å². The summed E-state index contributed by atoms with van der Waals surface area (Å²) in [6.07, 6.45) is 2.31. The number of hydrogen-bond acceptors (Lipinski definition) is 4. The number of carbonyl (C=O) groups is 2. The van der Waals surface area contributed by atoms with Crippen molar-refractivity contribution in [1.82, 2.24) is 10.7 Å². The Bertz CT molecular complexity index is 581. The predicted molar refractivity (Wildman–Crippen MR) is 96.3 cm³/mol. The molecule has 2 N–H and O–H groups in total. The Hall–Kier alpha value is -1.48. The first-order chi connectivity index (χ1) is 11.0. The smallest absolute Gasteiger partial charge is 0.271 e. The number of hydrazone groups is 1. The number of nitrogens with one attached hydrogen (secondary N) is 2. The second kappa shape index (κ2) is 8.97. The first kappa shape index (κ1) is 17.9. The summed E-state index contributed by atoms with van der Waals surface area (Å²) in [6.45, 7) is 3.01. The summed E-state index contributed by atoms with van der Waals surface area (Å²) in [5.74, 6) is -0.411.